The molecule has 2 nitrogen and oxygen atoms in total. The Bertz CT molecular complexity index is 586. The maximum atomic E-state index is 13.0. The lowest BCUT2D eigenvalue weighted by Gasteiger charge is -2.11. The van der Waals surface area contributed by atoms with Gasteiger partial charge in [0.2, 0.25) is 0 Å². The number of halogens is 2. The van der Waals surface area contributed by atoms with Gasteiger partial charge in [-0.05, 0) is 55.3 Å². The molecule has 0 saturated carbocycles. The average molecular weight is 280 g/mol. The fourth-order valence-corrected chi connectivity index (χ4v) is 2.03. The topological polar surface area (TPSA) is 35.2 Å². The summed E-state index contributed by atoms with van der Waals surface area (Å²) in [6.07, 6.45) is 0.832. The van der Waals surface area contributed by atoms with E-state index in [0.717, 1.165) is 17.5 Å². The Morgan fingerprint density at radius 2 is 1.89 bits per heavy atom. The van der Waals surface area contributed by atoms with Crippen LogP contribution >= 0.6 is 11.6 Å². The third-order valence-electron chi connectivity index (χ3n) is 2.79. The Kier molecular flexibility index (Phi) is 4.40. The molecule has 2 rings (SSSR count). The summed E-state index contributed by atoms with van der Waals surface area (Å²) in [6, 6.07) is 9.94. The molecule has 0 aliphatic carbocycles. The van der Waals surface area contributed by atoms with Gasteiger partial charge in [0.15, 0.2) is 0 Å². The third-order valence-corrected chi connectivity index (χ3v) is 3.08. The Morgan fingerprint density at radius 1 is 1.16 bits per heavy atom. The van der Waals surface area contributed by atoms with Crippen molar-refractivity contribution in [1.82, 2.24) is 0 Å². The molecule has 2 aromatic rings. The first kappa shape index (κ1) is 13.8. The lowest BCUT2D eigenvalue weighted by molar-refractivity contribution is 0.477. The summed E-state index contributed by atoms with van der Waals surface area (Å²) in [4.78, 5) is 0. The summed E-state index contributed by atoms with van der Waals surface area (Å²) in [5, 5.41) is 0.255. The Hall–Kier alpha value is -1.58. The molecule has 100 valence electrons. The molecule has 4 heteroatoms. The van der Waals surface area contributed by atoms with E-state index in [1.54, 1.807) is 0 Å². The zero-order chi connectivity index (χ0) is 13.8. The van der Waals surface area contributed by atoms with Gasteiger partial charge >= 0.3 is 0 Å². The summed E-state index contributed by atoms with van der Waals surface area (Å²) < 4.78 is 18.6. The molecule has 0 aromatic heterocycles. The van der Waals surface area contributed by atoms with Gasteiger partial charge < -0.3 is 10.5 Å². The zero-order valence-corrected chi connectivity index (χ0v) is 11.4. The van der Waals surface area contributed by atoms with Gasteiger partial charge in [0, 0.05) is 0 Å². The third kappa shape index (κ3) is 3.46. The van der Waals surface area contributed by atoms with Crippen LogP contribution < -0.4 is 10.5 Å². The average Bonchev–Trinajstić information content (AvgIpc) is 2.36. The number of aryl methyl sites for hydroxylation is 1. The second-order valence-electron chi connectivity index (χ2n) is 4.32. The maximum Gasteiger partial charge on any atom is 0.146 e. The highest BCUT2D eigenvalue weighted by atomic mass is 35.5. The van der Waals surface area contributed by atoms with Crippen LogP contribution in [0.25, 0.3) is 0 Å². The van der Waals surface area contributed by atoms with Crippen molar-refractivity contribution in [2.24, 2.45) is 5.73 Å². The fraction of sp³-hybridized carbons (Fsp3) is 0.200. The van der Waals surface area contributed by atoms with E-state index in [2.05, 4.69) is 0 Å². The predicted molar refractivity (Wildman–Crippen MR) is 75.4 cm³/mol. The minimum atomic E-state index is -0.382. The van der Waals surface area contributed by atoms with Gasteiger partial charge in [0.1, 0.15) is 17.3 Å². The van der Waals surface area contributed by atoms with Crippen LogP contribution in [0.5, 0.6) is 11.5 Å². The molecule has 0 bridgehead atoms. The second-order valence-corrected chi connectivity index (χ2v) is 4.72. The van der Waals surface area contributed by atoms with Crippen LogP contribution in [-0.2, 0) is 6.42 Å². The Morgan fingerprint density at radius 3 is 2.53 bits per heavy atom. The van der Waals surface area contributed by atoms with Crippen LogP contribution in [0.2, 0.25) is 5.02 Å². The number of rotatable bonds is 4. The molecule has 19 heavy (non-hydrogen) atoms. The van der Waals surface area contributed by atoms with Crippen LogP contribution in [0.4, 0.5) is 4.39 Å². The minimum absolute atomic E-state index is 0.255. The van der Waals surface area contributed by atoms with Crippen molar-refractivity contribution in [1.29, 1.82) is 0 Å². The van der Waals surface area contributed by atoms with Crippen molar-refractivity contribution < 1.29 is 9.13 Å². The van der Waals surface area contributed by atoms with Gasteiger partial charge in [0.25, 0.3) is 0 Å². The molecule has 0 heterocycles. The molecule has 0 unspecified atom stereocenters. The monoisotopic (exact) mass is 279 g/mol. The highest BCUT2D eigenvalue weighted by Crippen LogP contribution is 2.31. The Balaban J connectivity index is 2.23. The molecule has 0 radical (unpaired) electrons. The number of ether oxygens (including phenoxy) is 1. The van der Waals surface area contributed by atoms with Crippen LogP contribution in [-0.4, -0.2) is 6.54 Å². The second kappa shape index (κ2) is 6.04. The van der Waals surface area contributed by atoms with Crippen LogP contribution in [0.1, 0.15) is 11.1 Å². The highest BCUT2D eigenvalue weighted by Gasteiger charge is 2.07. The number of hydrogen-bond acceptors (Lipinski definition) is 2. The molecule has 0 aliphatic rings. The fourth-order valence-electron chi connectivity index (χ4n) is 1.82. The molecule has 0 spiro atoms. The van der Waals surface area contributed by atoms with E-state index in [4.69, 9.17) is 22.1 Å². The van der Waals surface area contributed by atoms with Crippen molar-refractivity contribution in [3.8, 4) is 11.5 Å². The van der Waals surface area contributed by atoms with Gasteiger partial charge in [-0.25, -0.2) is 4.39 Å². The normalized spacial score (nSPS) is 10.5. The predicted octanol–water partition coefficient (Wildman–Crippen LogP) is 4.08. The van der Waals surface area contributed by atoms with Gasteiger partial charge in [-0.1, -0.05) is 23.7 Å². The Labute approximate surface area is 117 Å². The van der Waals surface area contributed by atoms with Gasteiger partial charge in [-0.3, -0.25) is 0 Å². The standard InChI is InChI=1S/C15H15ClFNO/c1-10-8-11(6-7-18)2-4-14(10)19-15-5-3-12(17)9-13(15)16/h2-5,8-9H,6-7,18H2,1H3. The molecule has 0 saturated heterocycles. The van der Waals surface area contributed by atoms with E-state index in [9.17, 15) is 4.39 Å². The van der Waals surface area contributed by atoms with E-state index in [0.29, 0.717) is 18.0 Å². The van der Waals surface area contributed by atoms with Gasteiger partial charge in [-0.2, -0.15) is 0 Å². The molecule has 2 N–H and O–H groups in total. The molecule has 0 atom stereocenters. The van der Waals surface area contributed by atoms with Crippen molar-refractivity contribution in [2.45, 2.75) is 13.3 Å². The van der Waals surface area contributed by atoms with E-state index < -0.39 is 0 Å². The van der Waals surface area contributed by atoms with Crippen molar-refractivity contribution in [3.05, 3.63) is 58.4 Å². The first-order valence-corrected chi connectivity index (χ1v) is 6.40. The lowest BCUT2D eigenvalue weighted by Crippen LogP contribution is -2.02. The number of hydrogen-bond donors (Lipinski definition) is 1. The van der Waals surface area contributed by atoms with Crippen molar-refractivity contribution in [2.75, 3.05) is 6.54 Å². The smallest absolute Gasteiger partial charge is 0.146 e. The van der Waals surface area contributed by atoms with Crippen molar-refractivity contribution in [3.63, 3.8) is 0 Å². The van der Waals surface area contributed by atoms with Crippen molar-refractivity contribution >= 4 is 11.6 Å². The zero-order valence-electron chi connectivity index (χ0n) is 10.6. The van der Waals surface area contributed by atoms with Crippen LogP contribution in [0.15, 0.2) is 36.4 Å². The largest absolute Gasteiger partial charge is 0.456 e. The van der Waals surface area contributed by atoms with E-state index in [1.165, 1.54) is 18.2 Å². The van der Waals surface area contributed by atoms with E-state index in [1.807, 2.05) is 25.1 Å². The molecule has 0 aliphatic heterocycles. The minimum Gasteiger partial charge on any atom is -0.456 e. The maximum absolute atomic E-state index is 13.0. The summed E-state index contributed by atoms with van der Waals surface area (Å²) in [5.74, 6) is 0.763. The molecular weight excluding hydrogens is 265 g/mol. The summed E-state index contributed by atoms with van der Waals surface area (Å²) >= 11 is 5.93. The molecule has 0 amide bonds. The van der Waals surface area contributed by atoms with E-state index in [-0.39, 0.29) is 10.8 Å². The summed E-state index contributed by atoms with van der Waals surface area (Å²) in [6.45, 7) is 2.57. The number of benzene rings is 2. The first-order valence-electron chi connectivity index (χ1n) is 6.02. The molecular formula is C15H15ClFNO. The van der Waals surface area contributed by atoms with Crippen LogP contribution in [0, 0.1) is 12.7 Å². The van der Waals surface area contributed by atoms with Crippen LogP contribution in [0.3, 0.4) is 0 Å². The molecule has 0 fully saturated rings. The van der Waals surface area contributed by atoms with Gasteiger partial charge in [0.05, 0.1) is 5.02 Å². The van der Waals surface area contributed by atoms with Gasteiger partial charge in [-0.15, -0.1) is 0 Å². The quantitative estimate of drug-likeness (QED) is 0.915. The number of nitrogens with two attached hydrogens (primary N) is 1. The SMILES string of the molecule is Cc1cc(CCN)ccc1Oc1ccc(F)cc1Cl. The lowest BCUT2D eigenvalue weighted by atomic mass is 10.1. The highest BCUT2D eigenvalue weighted by molar-refractivity contribution is 6.32. The first-order chi connectivity index (χ1) is 9.10. The summed E-state index contributed by atoms with van der Waals surface area (Å²) in [7, 11) is 0. The van der Waals surface area contributed by atoms with E-state index >= 15 is 0 Å². The summed E-state index contributed by atoms with van der Waals surface area (Å²) in [5.41, 5.74) is 7.68. The molecule has 2 aromatic carbocycles.